The standard InChI is InChI=1S/C16H16INO/c1-3-12-7-4-6-11(2)15(12)18-16(19)13-8-5-9-14(17)10-13/h4-10H,3H2,1-2H3,(H,18,19). The van der Waals surface area contributed by atoms with Gasteiger partial charge in [-0.05, 0) is 65.3 Å². The minimum Gasteiger partial charge on any atom is -0.321 e. The van der Waals surface area contributed by atoms with Gasteiger partial charge in [0.15, 0.2) is 0 Å². The van der Waals surface area contributed by atoms with Crippen molar-refractivity contribution in [3.63, 3.8) is 0 Å². The molecule has 2 nitrogen and oxygen atoms in total. The molecule has 1 amide bonds. The minimum atomic E-state index is -0.0532. The van der Waals surface area contributed by atoms with Crippen LogP contribution in [0.1, 0.15) is 28.4 Å². The van der Waals surface area contributed by atoms with Gasteiger partial charge < -0.3 is 5.32 Å². The summed E-state index contributed by atoms with van der Waals surface area (Å²) in [5.74, 6) is -0.0532. The van der Waals surface area contributed by atoms with Crippen molar-refractivity contribution in [2.24, 2.45) is 0 Å². The summed E-state index contributed by atoms with van der Waals surface area (Å²) in [5, 5.41) is 3.03. The minimum absolute atomic E-state index is 0.0532. The molecule has 0 spiro atoms. The average Bonchev–Trinajstić information content (AvgIpc) is 2.41. The number of hydrogen-bond acceptors (Lipinski definition) is 1. The maximum absolute atomic E-state index is 12.3. The third-order valence-corrected chi connectivity index (χ3v) is 3.74. The van der Waals surface area contributed by atoms with Gasteiger partial charge in [-0.3, -0.25) is 4.79 Å². The van der Waals surface area contributed by atoms with Crippen LogP contribution in [0.5, 0.6) is 0 Å². The topological polar surface area (TPSA) is 29.1 Å². The van der Waals surface area contributed by atoms with E-state index in [1.807, 2.05) is 43.3 Å². The summed E-state index contributed by atoms with van der Waals surface area (Å²) in [6.45, 7) is 4.11. The van der Waals surface area contributed by atoms with Crippen molar-refractivity contribution in [3.8, 4) is 0 Å². The van der Waals surface area contributed by atoms with Gasteiger partial charge in [-0.25, -0.2) is 0 Å². The molecule has 0 aliphatic carbocycles. The third kappa shape index (κ3) is 3.35. The Hall–Kier alpha value is -1.36. The number of benzene rings is 2. The number of rotatable bonds is 3. The summed E-state index contributed by atoms with van der Waals surface area (Å²) in [7, 11) is 0. The van der Waals surface area contributed by atoms with Crippen LogP contribution in [0, 0.1) is 10.5 Å². The largest absolute Gasteiger partial charge is 0.321 e. The van der Waals surface area contributed by atoms with Crippen LogP contribution in [0.4, 0.5) is 5.69 Å². The number of halogens is 1. The Morgan fingerprint density at radius 2 is 1.95 bits per heavy atom. The second kappa shape index (κ2) is 6.19. The third-order valence-electron chi connectivity index (χ3n) is 3.07. The number of anilines is 1. The highest BCUT2D eigenvalue weighted by atomic mass is 127. The smallest absolute Gasteiger partial charge is 0.255 e. The SMILES string of the molecule is CCc1cccc(C)c1NC(=O)c1cccc(I)c1. The van der Waals surface area contributed by atoms with Gasteiger partial charge in [-0.2, -0.15) is 0 Å². The van der Waals surface area contributed by atoms with Crippen molar-refractivity contribution in [1.29, 1.82) is 0 Å². The van der Waals surface area contributed by atoms with Crippen LogP contribution in [0.15, 0.2) is 42.5 Å². The Kier molecular flexibility index (Phi) is 4.58. The lowest BCUT2D eigenvalue weighted by Crippen LogP contribution is -2.14. The van der Waals surface area contributed by atoms with Gasteiger partial charge in [-0.1, -0.05) is 31.2 Å². The molecule has 98 valence electrons. The van der Waals surface area contributed by atoms with Crippen LogP contribution >= 0.6 is 22.6 Å². The molecule has 0 saturated carbocycles. The van der Waals surface area contributed by atoms with E-state index in [1.165, 1.54) is 5.56 Å². The number of para-hydroxylation sites is 1. The van der Waals surface area contributed by atoms with Gasteiger partial charge in [0.1, 0.15) is 0 Å². The molecule has 0 aliphatic rings. The number of carbonyl (C=O) groups excluding carboxylic acids is 1. The highest BCUT2D eigenvalue weighted by Gasteiger charge is 2.10. The zero-order valence-corrected chi connectivity index (χ0v) is 13.2. The first kappa shape index (κ1) is 14.1. The van der Waals surface area contributed by atoms with Crippen LogP contribution in [-0.4, -0.2) is 5.91 Å². The summed E-state index contributed by atoms with van der Waals surface area (Å²) >= 11 is 2.21. The van der Waals surface area contributed by atoms with E-state index in [9.17, 15) is 4.79 Å². The van der Waals surface area contributed by atoms with E-state index in [2.05, 4.69) is 40.9 Å². The van der Waals surface area contributed by atoms with Crippen molar-refractivity contribution in [1.82, 2.24) is 0 Å². The molecular weight excluding hydrogens is 349 g/mol. The Morgan fingerprint density at radius 3 is 2.63 bits per heavy atom. The molecule has 2 aromatic rings. The molecule has 0 saturated heterocycles. The predicted molar refractivity (Wildman–Crippen MR) is 87.7 cm³/mol. The number of nitrogens with one attached hydrogen (secondary N) is 1. The first-order valence-electron chi connectivity index (χ1n) is 6.27. The van der Waals surface area contributed by atoms with E-state index in [1.54, 1.807) is 0 Å². The lowest BCUT2D eigenvalue weighted by Gasteiger charge is -2.13. The Morgan fingerprint density at radius 1 is 1.21 bits per heavy atom. The Labute approximate surface area is 127 Å². The molecule has 0 bridgehead atoms. The number of carbonyl (C=O) groups is 1. The van der Waals surface area contributed by atoms with Gasteiger partial charge >= 0.3 is 0 Å². The van der Waals surface area contributed by atoms with Crippen molar-refractivity contribution in [3.05, 3.63) is 62.7 Å². The van der Waals surface area contributed by atoms with Gasteiger partial charge in [0.2, 0.25) is 0 Å². The summed E-state index contributed by atoms with van der Waals surface area (Å²) < 4.78 is 1.06. The van der Waals surface area contributed by atoms with Gasteiger partial charge in [0, 0.05) is 14.8 Å². The van der Waals surface area contributed by atoms with Gasteiger partial charge in [0.25, 0.3) is 5.91 Å². The molecule has 0 unspecified atom stereocenters. The van der Waals surface area contributed by atoms with Gasteiger partial charge in [0.05, 0.1) is 0 Å². The van der Waals surface area contributed by atoms with E-state index < -0.39 is 0 Å². The molecule has 1 N–H and O–H groups in total. The van der Waals surface area contributed by atoms with Crippen molar-refractivity contribution < 1.29 is 4.79 Å². The lowest BCUT2D eigenvalue weighted by molar-refractivity contribution is 0.102. The second-order valence-corrected chi connectivity index (χ2v) is 5.67. The number of hydrogen-bond donors (Lipinski definition) is 1. The molecule has 0 aromatic heterocycles. The molecule has 0 aliphatic heterocycles. The molecular formula is C16H16INO. The monoisotopic (exact) mass is 365 g/mol. The van der Waals surface area contributed by atoms with Crippen molar-refractivity contribution in [2.75, 3.05) is 5.32 Å². The summed E-state index contributed by atoms with van der Waals surface area (Å²) in [5.41, 5.74) is 3.89. The highest BCUT2D eigenvalue weighted by molar-refractivity contribution is 14.1. The van der Waals surface area contributed by atoms with E-state index in [-0.39, 0.29) is 5.91 Å². The van der Waals surface area contributed by atoms with Crippen LogP contribution in [0.3, 0.4) is 0 Å². The number of amides is 1. The lowest BCUT2D eigenvalue weighted by atomic mass is 10.1. The summed E-state index contributed by atoms with van der Waals surface area (Å²) in [6, 6.07) is 13.7. The first-order chi connectivity index (χ1) is 9.11. The molecule has 0 heterocycles. The van der Waals surface area contributed by atoms with Crippen LogP contribution in [0.25, 0.3) is 0 Å². The van der Waals surface area contributed by atoms with E-state index in [0.29, 0.717) is 5.56 Å². The van der Waals surface area contributed by atoms with Gasteiger partial charge in [-0.15, -0.1) is 0 Å². The highest BCUT2D eigenvalue weighted by Crippen LogP contribution is 2.22. The molecule has 19 heavy (non-hydrogen) atoms. The van der Waals surface area contributed by atoms with Crippen LogP contribution < -0.4 is 5.32 Å². The predicted octanol–water partition coefficient (Wildman–Crippen LogP) is 4.41. The fourth-order valence-corrected chi connectivity index (χ4v) is 2.56. The van der Waals surface area contributed by atoms with Crippen LogP contribution in [-0.2, 0) is 6.42 Å². The first-order valence-corrected chi connectivity index (χ1v) is 7.35. The molecule has 0 fully saturated rings. The quantitative estimate of drug-likeness (QED) is 0.802. The Bertz CT molecular complexity index is 607. The van der Waals surface area contributed by atoms with E-state index in [0.717, 1.165) is 21.2 Å². The summed E-state index contributed by atoms with van der Waals surface area (Å²) in [6.07, 6.45) is 0.906. The van der Waals surface area contributed by atoms with E-state index in [4.69, 9.17) is 0 Å². The van der Waals surface area contributed by atoms with Crippen LogP contribution in [0.2, 0.25) is 0 Å². The van der Waals surface area contributed by atoms with Crippen molar-refractivity contribution >= 4 is 34.2 Å². The molecule has 3 heteroatoms. The fourth-order valence-electron chi connectivity index (χ4n) is 2.02. The molecule has 0 atom stereocenters. The average molecular weight is 365 g/mol. The summed E-state index contributed by atoms with van der Waals surface area (Å²) in [4.78, 5) is 12.3. The fraction of sp³-hybridized carbons (Fsp3) is 0.188. The van der Waals surface area contributed by atoms with E-state index >= 15 is 0 Å². The zero-order valence-electron chi connectivity index (χ0n) is 11.0. The Balaban J connectivity index is 2.29. The second-order valence-electron chi connectivity index (χ2n) is 4.43. The molecule has 2 aromatic carbocycles. The molecule has 0 radical (unpaired) electrons. The number of aryl methyl sites for hydroxylation is 2. The van der Waals surface area contributed by atoms with Crippen molar-refractivity contribution in [2.45, 2.75) is 20.3 Å². The maximum Gasteiger partial charge on any atom is 0.255 e. The zero-order chi connectivity index (χ0) is 13.8. The maximum atomic E-state index is 12.3. The molecule has 2 rings (SSSR count). The normalized spacial score (nSPS) is 10.3.